The highest BCUT2D eigenvalue weighted by molar-refractivity contribution is 6.03. The molecule has 4 fully saturated rings. The van der Waals surface area contributed by atoms with Gasteiger partial charge in [0.15, 0.2) is 23.1 Å². The average Bonchev–Trinajstić information content (AvgIpc) is 3.22. The van der Waals surface area contributed by atoms with Gasteiger partial charge < -0.3 is 24.1 Å². The summed E-state index contributed by atoms with van der Waals surface area (Å²) >= 11 is 0. The third kappa shape index (κ3) is 4.62. The first-order valence-electron chi connectivity index (χ1n) is 12.0. The maximum absolute atomic E-state index is 14.6. The van der Waals surface area contributed by atoms with Gasteiger partial charge in [-0.1, -0.05) is 0 Å². The molecule has 2 aromatic rings. The molecule has 2 saturated heterocycles. The van der Waals surface area contributed by atoms with Gasteiger partial charge in [0.1, 0.15) is 12.2 Å². The number of amides is 1. The van der Waals surface area contributed by atoms with Crippen molar-refractivity contribution in [2.45, 2.75) is 50.5 Å². The van der Waals surface area contributed by atoms with E-state index in [4.69, 9.17) is 13.9 Å². The highest BCUT2D eigenvalue weighted by atomic mass is 19.4. The molecule has 1 N–H and O–H groups in total. The lowest BCUT2D eigenvalue weighted by atomic mass is 10.1. The van der Waals surface area contributed by atoms with Gasteiger partial charge in [0, 0.05) is 43.4 Å². The van der Waals surface area contributed by atoms with E-state index in [0.717, 1.165) is 37.8 Å². The van der Waals surface area contributed by atoms with Crippen molar-refractivity contribution in [3.05, 3.63) is 35.2 Å². The molecule has 2 saturated carbocycles. The second-order valence-corrected chi connectivity index (χ2v) is 10.1. The lowest BCUT2D eigenvalue weighted by Gasteiger charge is -2.17. The summed E-state index contributed by atoms with van der Waals surface area (Å²) in [5.74, 6) is -2.95. The standard InChI is InChI=1S/C24H24F5N3O4/c25-16-6-14(7-17(26)21(16)35-15-4-12-3-13(12)5-15)30-22(33)20-18(8-24(27,28)29)36-23(31-20)32-9-11-1-2-34-19(11)10-32/h6-7,11-13,15,19H,1-5,8-10H2,(H,30,33)/t11-,12+,13?,15-,19+/m0/s1. The predicted molar refractivity (Wildman–Crippen MR) is 116 cm³/mol. The lowest BCUT2D eigenvalue weighted by Crippen LogP contribution is -2.23. The Balaban J connectivity index is 1.20. The van der Waals surface area contributed by atoms with E-state index in [0.29, 0.717) is 31.5 Å². The number of oxazole rings is 1. The SMILES string of the molecule is O=C(Nc1cc(F)c(O[C@@H]2CC3C[C@@H]3C2)c(F)c1)c1nc(N2C[C@@H]3CCO[C@@H]3C2)oc1CC(F)(F)F. The molecule has 5 atom stereocenters. The zero-order valence-electron chi connectivity index (χ0n) is 19.1. The Hall–Kier alpha value is -2.89. The zero-order valence-corrected chi connectivity index (χ0v) is 19.1. The van der Waals surface area contributed by atoms with Crippen LogP contribution >= 0.6 is 0 Å². The Morgan fingerprint density at radius 1 is 1.11 bits per heavy atom. The molecule has 7 nitrogen and oxygen atoms in total. The number of carbonyl (C=O) groups excluding carboxylic acids is 1. The molecular weight excluding hydrogens is 489 g/mol. The number of ether oxygens (including phenoxy) is 2. The molecule has 3 heterocycles. The highest BCUT2D eigenvalue weighted by Gasteiger charge is 2.47. The number of hydrogen-bond donors (Lipinski definition) is 1. The van der Waals surface area contributed by atoms with Crippen LogP contribution in [-0.4, -0.2) is 49.0 Å². The smallest absolute Gasteiger partial charge is 0.396 e. The van der Waals surface area contributed by atoms with Crippen molar-refractivity contribution in [3.63, 3.8) is 0 Å². The van der Waals surface area contributed by atoms with Crippen LogP contribution in [0, 0.1) is 29.4 Å². The third-order valence-electron chi connectivity index (χ3n) is 7.48. The van der Waals surface area contributed by atoms with Crippen molar-refractivity contribution in [3.8, 4) is 5.75 Å². The minimum absolute atomic E-state index is 0.0676. The van der Waals surface area contributed by atoms with Gasteiger partial charge in [0.2, 0.25) is 0 Å². The van der Waals surface area contributed by atoms with Crippen LogP contribution in [0.1, 0.15) is 41.9 Å². The number of hydrogen-bond acceptors (Lipinski definition) is 6. The van der Waals surface area contributed by atoms with E-state index in [1.807, 2.05) is 0 Å². The molecule has 1 amide bonds. The summed E-state index contributed by atoms with van der Waals surface area (Å²) in [5, 5.41) is 2.24. The molecular formula is C24H24F5N3O4. The number of nitrogens with one attached hydrogen (secondary N) is 1. The van der Waals surface area contributed by atoms with E-state index < -0.39 is 47.3 Å². The molecule has 6 rings (SSSR count). The molecule has 1 aromatic carbocycles. The second-order valence-electron chi connectivity index (χ2n) is 10.1. The molecule has 1 aromatic heterocycles. The lowest BCUT2D eigenvalue weighted by molar-refractivity contribution is -0.130. The van der Waals surface area contributed by atoms with Gasteiger partial charge in [-0.15, -0.1) is 0 Å². The molecule has 4 aliphatic rings. The normalized spacial score (nSPS) is 28.8. The average molecular weight is 513 g/mol. The fourth-order valence-electron chi connectivity index (χ4n) is 5.65. The molecule has 12 heteroatoms. The molecule has 2 aliphatic heterocycles. The molecule has 0 radical (unpaired) electrons. The minimum atomic E-state index is -4.66. The number of fused-ring (bicyclic) bond motifs is 2. The number of benzene rings is 1. The van der Waals surface area contributed by atoms with Crippen molar-refractivity contribution in [1.29, 1.82) is 0 Å². The first kappa shape index (κ1) is 23.5. The van der Waals surface area contributed by atoms with Crippen LogP contribution in [0.5, 0.6) is 5.75 Å². The summed E-state index contributed by atoms with van der Waals surface area (Å²) < 4.78 is 85.2. The van der Waals surface area contributed by atoms with E-state index >= 15 is 0 Å². The molecule has 1 unspecified atom stereocenters. The largest absolute Gasteiger partial charge is 0.484 e. The van der Waals surface area contributed by atoms with Gasteiger partial charge in [0.25, 0.3) is 11.9 Å². The number of nitrogens with zero attached hydrogens (tertiary/aromatic N) is 2. The first-order valence-corrected chi connectivity index (χ1v) is 12.0. The van der Waals surface area contributed by atoms with E-state index in [9.17, 15) is 26.7 Å². The Morgan fingerprint density at radius 3 is 2.50 bits per heavy atom. The van der Waals surface area contributed by atoms with Crippen LogP contribution < -0.4 is 15.0 Å². The summed E-state index contributed by atoms with van der Waals surface area (Å²) in [6, 6.07) is 1.62. The van der Waals surface area contributed by atoms with Crippen molar-refractivity contribution in [2.75, 3.05) is 29.9 Å². The van der Waals surface area contributed by atoms with Crippen molar-refractivity contribution >= 4 is 17.6 Å². The Labute approximate surface area is 202 Å². The Kier molecular flexibility index (Phi) is 5.62. The molecule has 0 bridgehead atoms. The summed E-state index contributed by atoms with van der Waals surface area (Å²) in [5.41, 5.74) is -0.866. The maximum Gasteiger partial charge on any atom is 0.396 e. The van der Waals surface area contributed by atoms with Crippen LogP contribution in [-0.2, 0) is 11.2 Å². The van der Waals surface area contributed by atoms with Gasteiger partial charge in [-0.2, -0.15) is 18.2 Å². The predicted octanol–water partition coefficient (Wildman–Crippen LogP) is 4.71. The third-order valence-corrected chi connectivity index (χ3v) is 7.48. The Morgan fingerprint density at radius 2 is 1.83 bits per heavy atom. The number of alkyl halides is 3. The quantitative estimate of drug-likeness (QED) is 0.564. The maximum atomic E-state index is 14.6. The summed E-state index contributed by atoms with van der Waals surface area (Å²) in [4.78, 5) is 18.5. The zero-order chi connectivity index (χ0) is 25.2. The topological polar surface area (TPSA) is 76.8 Å². The van der Waals surface area contributed by atoms with Crippen LogP contribution in [0.4, 0.5) is 33.7 Å². The van der Waals surface area contributed by atoms with Crippen molar-refractivity contribution < 1.29 is 40.6 Å². The van der Waals surface area contributed by atoms with Gasteiger partial charge in [-0.05, 0) is 37.5 Å². The molecule has 2 aliphatic carbocycles. The fraction of sp³-hybridized carbons (Fsp3) is 0.583. The molecule has 194 valence electrons. The molecule has 36 heavy (non-hydrogen) atoms. The van der Waals surface area contributed by atoms with Crippen LogP contribution in [0.15, 0.2) is 16.5 Å². The number of anilines is 2. The summed E-state index contributed by atoms with van der Waals surface area (Å²) in [7, 11) is 0. The van der Waals surface area contributed by atoms with E-state index in [-0.39, 0.29) is 29.8 Å². The Bertz CT molecular complexity index is 1140. The monoisotopic (exact) mass is 513 g/mol. The highest BCUT2D eigenvalue weighted by Crippen LogP contribution is 2.52. The van der Waals surface area contributed by atoms with Gasteiger partial charge in [0.05, 0.1) is 12.2 Å². The fourth-order valence-corrected chi connectivity index (χ4v) is 5.65. The van der Waals surface area contributed by atoms with E-state index in [1.54, 1.807) is 4.90 Å². The van der Waals surface area contributed by atoms with E-state index in [2.05, 4.69) is 10.3 Å². The summed E-state index contributed by atoms with van der Waals surface area (Å²) in [6.45, 7) is 1.50. The van der Waals surface area contributed by atoms with Crippen molar-refractivity contribution in [1.82, 2.24) is 4.98 Å². The number of halogens is 5. The van der Waals surface area contributed by atoms with Gasteiger partial charge in [-0.3, -0.25) is 4.79 Å². The van der Waals surface area contributed by atoms with E-state index in [1.165, 1.54) is 0 Å². The van der Waals surface area contributed by atoms with Crippen molar-refractivity contribution in [2.24, 2.45) is 17.8 Å². The van der Waals surface area contributed by atoms with Crippen LogP contribution in [0.25, 0.3) is 0 Å². The number of rotatable bonds is 6. The van der Waals surface area contributed by atoms with Gasteiger partial charge in [-0.25, -0.2) is 8.78 Å². The first-order chi connectivity index (χ1) is 17.1. The van der Waals surface area contributed by atoms with Gasteiger partial charge >= 0.3 is 6.18 Å². The molecule has 0 spiro atoms. The minimum Gasteiger partial charge on any atom is -0.484 e. The summed E-state index contributed by atoms with van der Waals surface area (Å²) in [6.07, 6.45) is -3.04. The number of aromatic nitrogens is 1. The van der Waals surface area contributed by atoms with Crippen LogP contribution in [0.3, 0.4) is 0 Å². The number of carbonyl (C=O) groups is 1. The van der Waals surface area contributed by atoms with Crippen LogP contribution in [0.2, 0.25) is 0 Å². The second kappa shape index (κ2) is 8.60.